The number of aliphatic hydroxyl groups is 1. The SMILES string of the molecule is CC(=O)O[C@@H]1C=C[C@](C)(O)C1. The second-order valence-electron chi connectivity index (χ2n) is 3.07. The predicted molar refractivity (Wildman–Crippen MR) is 39.9 cm³/mol. The van der Waals surface area contributed by atoms with E-state index in [0.29, 0.717) is 6.42 Å². The van der Waals surface area contributed by atoms with E-state index in [1.807, 2.05) is 0 Å². The molecule has 1 aliphatic rings. The van der Waals surface area contributed by atoms with E-state index >= 15 is 0 Å². The van der Waals surface area contributed by atoms with Crippen molar-refractivity contribution in [2.45, 2.75) is 32.0 Å². The van der Waals surface area contributed by atoms with E-state index in [2.05, 4.69) is 0 Å². The van der Waals surface area contributed by atoms with E-state index in [9.17, 15) is 9.90 Å². The first-order valence-electron chi connectivity index (χ1n) is 3.58. The van der Waals surface area contributed by atoms with E-state index < -0.39 is 5.60 Å². The van der Waals surface area contributed by atoms with Gasteiger partial charge in [-0.3, -0.25) is 4.79 Å². The number of carbonyl (C=O) groups is 1. The second-order valence-corrected chi connectivity index (χ2v) is 3.07. The summed E-state index contributed by atoms with van der Waals surface area (Å²) in [5.74, 6) is -0.308. The van der Waals surface area contributed by atoms with Crippen LogP contribution >= 0.6 is 0 Å². The molecule has 0 bridgehead atoms. The molecule has 0 heterocycles. The third-order valence-corrected chi connectivity index (χ3v) is 1.60. The molecule has 62 valence electrons. The lowest BCUT2D eigenvalue weighted by Gasteiger charge is -2.15. The quantitative estimate of drug-likeness (QED) is 0.447. The summed E-state index contributed by atoms with van der Waals surface area (Å²) in [5, 5.41) is 9.40. The number of ether oxygens (including phenoxy) is 1. The number of esters is 1. The van der Waals surface area contributed by atoms with E-state index in [1.54, 1.807) is 19.1 Å². The third kappa shape index (κ3) is 2.35. The molecule has 1 aliphatic carbocycles. The summed E-state index contributed by atoms with van der Waals surface area (Å²) in [6.07, 6.45) is 3.58. The van der Waals surface area contributed by atoms with Crippen LogP contribution in [0.3, 0.4) is 0 Å². The van der Waals surface area contributed by atoms with Gasteiger partial charge in [-0.25, -0.2) is 0 Å². The fourth-order valence-electron chi connectivity index (χ4n) is 1.15. The van der Waals surface area contributed by atoms with Crippen molar-refractivity contribution >= 4 is 5.97 Å². The van der Waals surface area contributed by atoms with Crippen LogP contribution in [0.1, 0.15) is 20.3 Å². The van der Waals surface area contributed by atoms with Crippen LogP contribution in [-0.4, -0.2) is 22.8 Å². The zero-order valence-electron chi connectivity index (χ0n) is 6.70. The van der Waals surface area contributed by atoms with Crippen molar-refractivity contribution in [3.8, 4) is 0 Å². The van der Waals surface area contributed by atoms with Crippen molar-refractivity contribution in [2.75, 3.05) is 0 Å². The molecule has 0 unspecified atom stereocenters. The van der Waals surface area contributed by atoms with E-state index in [4.69, 9.17) is 4.74 Å². The fourth-order valence-corrected chi connectivity index (χ4v) is 1.15. The highest BCUT2D eigenvalue weighted by Gasteiger charge is 2.28. The molecule has 0 saturated carbocycles. The van der Waals surface area contributed by atoms with Gasteiger partial charge in [-0.1, -0.05) is 6.08 Å². The van der Waals surface area contributed by atoms with Crippen LogP contribution in [0, 0.1) is 0 Å². The van der Waals surface area contributed by atoms with E-state index in [0.717, 1.165) is 0 Å². The first-order chi connectivity index (χ1) is 4.99. The van der Waals surface area contributed by atoms with E-state index in [1.165, 1.54) is 6.92 Å². The second kappa shape index (κ2) is 2.66. The van der Waals surface area contributed by atoms with Crippen LogP contribution in [0.4, 0.5) is 0 Å². The molecule has 0 radical (unpaired) electrons. The summed E-state index contributed by atoms with van der Waals surface area (Å²) in [5.41, 5.74) is -0.805. The molecule has 2 atom stereocenters. The Morgan fingerprint density at radius 3 is 2.82 bits per heavy atom. The summed E-state index contributed by atoms with van der Waals surface area (Å²) in [6.45, 7) is 3.05. The molecule has 0 fully saturated rings. The molecule has 0 amide bonds. The van der Waals surface area contributed by atoms with Gasteiger partial charge in [0, 0.05) is 13.3 Å². The highest BCUT2D eigenvalue weighted by Crippen LogP contribution is 2.23. The summed E-state index contributed by atoms with van der Waals surface area (Å²) in [7, 11) is 0. The van der Waals surface area contributed by atoms with Crippen molar-refractivity contribution in [1.29, 1.82) is 0 Å². The molecule has 0 saturated heterocycles. The summed E-state index contributed by atoms with van der Waals surface area (Å²) in [6, 6.07) is 0. The Morgan fingerprint density at radius 1 is 1.82 bits per heavy atom. The minimum Gasteiger partial charge on any atom is -0.458 e. The van der Waals surface area contributed by atoms with Crippen LogP contribution in [0.15, 0.2) is 12.2 Å². The average molecular weight is 156 g/mol. The van der Waals surface area contributed by atoms with Gasteiger partial charge in [-0.2, -0.15) is 0 Å². The van der Waals surface area contributed by atoms with Crippen LogP contribution in [0.2, 0.25) is 0 Å². The predicted octanol–water partition coefficient (Wildman–Crippen LogP) is 0.629. The van der Waals surface area contributed by atoms with Gasteiger partial charge >= 0.3 is 5.97 Å². The van der Waals surface area contributed by atoms with Crippen LogP contribution in [-0.2, 0) is 9.53 Å². The molecule has 0 aromatic heterocycles. The minimum atomic E-state index is -0.805. The maximum absolute atomic E-state index is 10.5. The minimum absolute atomic E-state index is 0.248. The van der Waals surface area contributed by atoms with E-state index in [-0.39, 0.29) is 12.1 Å². The van der Waals surface area contributed by atoms with Gasteiger partial charge in [-0.15, -0.1) is 0 Å². The summed E-state index contributed by atoms with van der Waals surface area (Å²) < 4.78 is 4.86. The Balaban J connectivity index is 2.44. The van der Waals surface area contributed by atoms with Crippen molar-refractivity contribution in [3.05, 3.63) is 12.2 Å². The van der Waals surface area contributed by atoms with Gasteiger partial charge < -0.3 is 9.84 Å². The number of rotatable bonds is 1. The van der Waals surface area contributed by atoms with Gasteiger partial charge in [0.1, 0.15) is 6.10 Å². The Kier molecular flexibility index (Phi) is 2.00. The van der Waals surface area contributed by atoms with Gasteiger partial charge in [0.15, 0.2) is 0 Å². The van der Waals surface area contributed by atoms with Crippen molar-refractivity contribution in [2.24, 2.45) is 0 Å². The molecule has 1 N–H and O–H groups in total. The van der Waals surface area contributed by atoms with Crippen molar-refractivity contribution in [3.63, 3.8) is 0 Å². The Hall–Kier alpha value is -0.830. The lowest BCUT2D eigenvalue weighted by atomic mass is 10.1. The topological polar surface area (TPSA) is 46.5 Å². The molecule has 1 rings (SSSR count). The molecule has 3 heteroatoms. The first-order valence-corrected chi connectivity index (χ1v) is 3.58. The monoisotopic (exact) mass is 156 g/mol. The van der Waals surface area contributed by atoms with Crippen LogP contribution in [0.5, 0.6) is 0 Å². The Bertz CT molecular complexity index is 194. The highest BCUT2D eigenvalue weighted by molar-refractivity contribution is 5.66. The number of hydrogen-bond acceptors (Lipinski definition) is 3. The number of carbonyl (C=O) groups excluding carboxylic acids is 1. The molecule has 0 aromatic carbocycles. The maximum Gasteiger partial charge on any atom is 0.303 e. The zero-order valence-corrected chi connectivity index (χ0v) is 6.70. The first kappa shape index (κ1) is 8.27. The molecule has 3 nitrogen and oxygen atoms in total. The van der Waals surface area contributed by atoms with Gasteiger partial charge in [-0.05, 0) is 13.0 Å². The third-order valence-electron chi connectivity index (χ3n) is 1.60. The van der Waals surface area contributed by atoms with Crippen LogP contribution in [0.25, 0.3) is 0 Å². The molecular weight excluding hydrogens is 144 g/mol. The normalized spacial score (nSPS) is 35.7. The van der Waals surface area contributed by atoms with Gasteiger partial charge in [0.2, 0.25) is 0 Å². The lowest BCUT2D eigenvalue weighted by Crippen LogP contribution is -2.22. The zero-order chi connectivity index (χ0) is 8.48. The van der Waals surface area contributed by atoms with Crippen LogP contribution < -0.4 is 0 Å². The molecular formula is C8H12O3. The summed E-state index contributed by atoms with van der Waals surface area (Å²) >= 11 is 0. The average Bonchev–Trinajstić information content (AvgIpc) is 2.08. The molecule has 0 aromatic rings. The van der Waals surface area contributed by atoms with Crippen molar-refractivity contribution < 1.29 is 14.6 Å². The Morgan fingerprint density at radius 2 is 2.45 bits per heavy atom. The highest BCUT2D eigenvalue weighted by atomic mass is 16.5. The molecule has 0 spiro atoms. The van der Waals surface area contributed by atoms with Gasteiger partial charge in [0.05, 0.1) is 5.60 Å². The van der Waals surface area contributed by atoms with Gasteiger partial charge in [0.25, 0.3) is 0 Å². The fraction of sp³-hybridized carbons (Fsp3) is 0.625. The largest absolute Gasteiger partial charge is 0.458 e. The number of hydrogen-bond donors (Lipinski definition) is 1. The smallest absolute Gasteiger partial charge is 0.303 e. The molecule has 0 aliphatic heterocycles. The standard InChI is InChI=1S/C8H12O3/c1-6(9)11-7-3-4-8(2,10)5-7/h3-4,7,10H,5H2,1-2H3/t7-,8+/m1/s1. The molecule has 11 heavy (non-hydrogen) atoms. The van der Waals surface area contributed by atoms with Crippen molar-refractivity contribution in [1.82, 2.24) is 0 Å². The maximum atomic E-state index is 10.5. The lowest BCUT2D eigenvalue weighted by molar-refractivity contribution is -0.145. The summed E-state index contributed by atoms with van der Waals surface area (Å²) in [4.78, 5) is 10.5. The Labute approximate surface area is 65.7 Å².